The Morgan fingerprint density at radius 2 is 1.67 bits per heavy atom. The van der Waals surface area contributed by atoms with Gasteiger partial charge in [0.1, 0.15) is 6.54 Å². The minimum Gasteiger partial charge on any atom is -0.340 e. The van der Waals surface area contributed by atoms with E-state index in [1.165, 1.54) is 19.3 Å². The van der Waals surface area contributed by atoms with Crippen LogP contribution in [0.3, 0.4) is 0 Å². The fourth-order valence-electron chi connectivity index (χ4n) is 3.34. The number of imide groups is 1. The van der Waals surface area contributed by atoms with Crippen LogP contribution in [0.5, 0.6) is 0 Å². The van der Waals surface area contributed by atoms with E-state index in [9.17, 15) is 14.4 Å². The number of rotatable bonds is 3. The summed E-state index contributed by atoms with van der Waals surface area (Å²) in [7, 11) is 0. The Labute approximate surface area is 125 Å². The highest BCUT2D eigenvalue weighted by Gasteiger charge is 2.33. The van der Waals surface area contributed by atoms with Gasteiger partial charge < -0.3 is 4.90 Å². The number of carbonyl (C=O) groups excluding carboxylic acids is 3. The molecule has 0 aromatic carbocycles. The van der Waals surface area contributed by atoms with Crippen LogP contribution in [0, 0.1) is 0 Å². The van der Waals surface area contributed by atoms with Gasteiger partial charge in [-0.05, 0) is 19.3 Å². The van der Waals surface area contributed by atoms with E-state index in [0.717, 1.165) is 31.0 Å². The van der Waals surface area contributed by atoms with Gasteiger partial charge in [0.05, 0.1) is 0 Å². The van der Waals surface area contributed by atoms with Crippen molar-refractivity contribution in [2.24, 2.45) is 0 Å². The molecular weight excluding hydrogens is 270 g/mol. The van der Waals surface area contributed by atoms with Crippen LogP contribution in [0.15, 0.2) is 0 Å². The van der Waals surface area contributed by atoms with E-state index in [0.29, 0.717) is 12.6 Å². The molecule has 3 aliphatic rings. The maximum absolute atomic E-state index is 12.3. The molecule has 6 heteroatoms. The van der Waals surface area contributed by atoms with Crippen molar-refractivity contribution < 1.29 is 14.4 Å². The van der Waals surface area contributed by atoms with Gasteiger partial charge in [-0.3, -0.25) is 24.2 Å². The van der Waals surface area contributed by atoms with Crippen LogP contribution < -0.4 is 0 Å². The summed E-state index contributed by atoms with van der Waals surface area (Å²) in [6.45, 7) is 3.35. The van der Waals surface area contributed by atoms with Crippen molar-refractivity contribution in [2.75, 3.05) is 32.7 Å². The van der Waals surface area contributed by atoms with Crippen LogP contribution in [0.25, 0.3) is 0 Å². The van der Waals surface area contributed by atoms with E-state index in [1.54, 1.807) is 0 Å². The Bertz CT molecular complexity index is 431. The van der Waals surface area contributed by atoms with E-state index in [-0.39, 0.29) is 37.1 Å². The number of likely N-dealkylation sites (tertiary alicyclic amines) is 1. The van der Waals surface area contributed by atoms with Gasteiger partial charge in [0.25, 0.3) is 0 Å². The molecule has 0 bridgehead atoms. The number of hydrogen-bond acceptors (Lipinski definition) is 4. The zero-order chi connectivity index (χ0) is 14.8. The molecule has 0 N–H and O–H groups in total. The molecule has 3 fully saturated rings. The van der Waals surface area contributed by atoms with Gasteiger partial charge >= 0.3 is 0 Å². The van der Waals surface area contributed by atoms with Crippen LogP contribution in [0.2, 0.25) is 0 Å². The van der Waals surface area contributed by atoms with Crippen molar-refractivity contribution in [3.8, 4) is 0 Å². The minimum absolute atomic E-state index is 0.0684. The minimum atomic E-state index is -0.209. The zero-order valence-corrected chi connectivity index (χ0v) is 12.4. The second-order valence-corrected chi connectivity index (χ2v) is 6.23. The Balaban J connectivity index is 1.52. The molecule has 116 valence electrons. The maximum atomic E-state index is 12.3. The van der Waals surface area contributed by atoms with E-state index < -0.39 is 0 Å². The summed E-state index contributed by atoms with van der Waals surface area (Å²) >= 11 is 0. The molecule has 0 atom stereocenters. The van der Waals surface area contributed by atoms with Gasteiger partial charge in [-0.15, -0.1) is 0 Å². The van der Waals surface area contributed by atoms with Crippen molar-refractivity contribution in [1.82, 2.24) is 14.7 Å². The lowest BCUT2D eigenvalue weighted by molar-refractivity contribution is -0.145. The summed E-state index contributed by atoms with van der Waals surface area (Å²) in [4.78, 5) is 40.9. The summed E-state index contributed by atoms with van der Waals surface area (Å²) in [6.07, 6.45) is 5.37. The molecule has 0 aromatic heterocycles. The molecular formula is C15H23N3O3. The topological polar surface area (TPSA) is 60.9 Å². The first kappa shape index (κ1) is 14.5. The zero-order valence-electron chi connectivity index (χ0n) is 12.4. The highest BCUT2D eigenvalue weighted by molar-refractivity contribution is 6.04. The molecule has 0 radical (unpaired) electrons. The molecule has 3 rings (SSSR count). The maximum Gasteiger partial charge on any atom is 0.242 e. The predicted octanol–water partition coefficient (Wildman–Crippen LogP) is 0.222. The van der Waals surface area contributed by atoms with E-state index in [4.69, 9.17) is 0 Å². The van der Waals surface area contributed by atoms with Crippen molar-refractivity contribution in [1.29, 1.82) is 0 Å². The third kappa shape index (κ3) is 3.10. The Morgan fingerprint density at radius 1 is 0.952 bits per heavy atom. The third-order valence-corrected chi connectivity index (χ3v) is 4.92. The van der Waals surface area contributed by atoms with Gasteiger partial charge in [0, 0.05) is 45.1 Å². The van der Waals surface area contributed by atoms with Gasteiger partial charge in [-0.2, -0.15) is 0 Å². The van der Waals surface area contributed by atoms with Gasteiger partial charge in [0.2, 0.25) is 17.7 Å². The number of nitrogens with zero attached hydrogens (tertiary/aromatic N) is 3. The van der Waals surface area contributed by atoms with Crippen LogP contribution in [0.1, 0.15) is 38.5 Å². The van der Waals surface area contributed by atoms with E-state index >= 15 is 0 Å². The van der Waals surface area contributed by atoms with Crippen molar-refractivity contribution in [3.05, 3.63) is 0 Å². The van der Waals surface area contributed by atoms with Crippen LogP contribution in [0.4, 0.5) is 0 Å². The third-order valence-electron chi connectivity index (χ3n) is 4.92. The van der Waals surface area contributed by atoms with Crippen molar-refractivity contribution in [3.63, 3.8) is 0 Å². The number of amides is 3. The Kier molecular flexibility index (Phi) is 4.24. The van der Waals surface area contributed by atoms with Crippen LogP contribution >= 0.6 is 0 Å². The quantitative estimate of drug-likeness (QED) is 0.699. The second kappa shape index (κ2) is 6.13. The molecule has 0 spiro atoms. The normalized spacial score (nSPS) is 25.1. The average molecular weight is 293 g/mol. The van der Waals surface area contributed by atoms with Gasteiger partial charge in [-0.1, -0.05) is 6.42 Å². The lowest BCUT2D eigenvalue weighted by atomic mass is 9.91. The lowest BCUT2D eigenvalue weighted by Crippen LogP contribution is -2.45. The summed E-state index contributed by atoms with van der Waals surface area (Å²) in [5.74, 6) is -0.507. The van der Waals surface area contributed by atoms with Gasteiger partial charge in [-0.25, -0.2) is 0 Å². The molecule has 1 aliphatic carbocycles. The fourth-order valence-corrected chi connectivity index (χ4v) is 3.34. The SMILES string of the molecule is O=C(CN1C(=O)CCC1=O)N1CCCN(C2CCC2)CC1. The monoisotopic (exact) mass is 293 g/mol. The summed E-state index contributed by atoms with van der Waals surface area (Å²) in [5.41, 5.74) is 0. The van der Waals surface area contributed by atoms with E-state index in [2.05, 4.69) is 4.90 Å². The highest BCUT2D eigenvalue weighted by atomic mass is 16.2. The first-order valence-corrected chi connectivity index (χ1v) is 8.00. The smallest absolute Gasteiger partial charge is 0.242 e. The van der Waals surface area contributed by atoms with E-state index in [1.807, 2.05) is 4.90 Å². The summed E-state index contributed by atoms with van der Waals surface area (Å²) in [6, 6.07) is 0.710. The molecule has 1 saturated carbocycles. The van der Waals surface area contributed by atoms with Crippen molar-refractivity contribution >= 4 is 17.7 Å². The molecule has 0 unspecified atom stereocenters. The molecule has 2 aliphatic heterocycles. The first-order chi connectivity index (χ1) is 10.1. The standard InChI is InChI=1S/C15H23N3O3/c19-13-5-6-14(20)18(13)11-15(21)17-8-2-7-16(9-10-17)12-3-1-4-12/h12H,1-11H2. The molecule has 21 heavy (non-hydrogen) atoms. The highest BCUT2D eigenvalue weighted by Crippen LogP contribution is 2.25. The Hall–Kier alpha value is -1.43. The first-order valence-electron chi connectivity index (χ1n) is 8.00. The molecule has 0 aromatic rings. The van der Waals surface area contributed by atoms with Gasteiger partial charge in [0.15, 0.2) is 0 Å². The molecule has 6 nitrogen and oxygen atoms in total. The van der Waals surface area contributed by atoms with Crippen LogP contribution in [-0.4, -0.2) is 71.2 Å². The van der Waals surface area contributed by atoms with Crippen LogP contribution in [-0.2, 0) is 14.4 Å². The second-order valence-electron chi connectivity index (χ2n) is 6.23. The lowest BCUT2D eigenvalue weighted by Gasteiger charge is -2.36. The number of hydrogen-bond donors (Lipinski definition) is 0. The fraction of sp³-hybridized carbons (Fsp3) is 0.800. The molecule has 2 heterocycles. The summed E-state index contributed by atoms with van der Waals surface area (Å²) in [5, 5.41) is 0. The molecule has 2 saturated heterocycles. The Morgan fingerprint density at radius 3 is 2.29 bits per heavy atom. The molecule has 3 amide bonds. The largest absolute Gasteiger partial charge is 0.340 e. The van der Waals surface area contributed by atoms with Crippen molar-refractivity contribution in [2.45, 2.75) is 44.6 Å². The average Bonchev–Trinajstić information content (AvgIpc) is 2.64. The predicted molar refractivity (Wildman–Crippen MR) is 76.4 cm³/mol. The summed E-state index contributed by atoms with van der Waals surface area (Å²) < 4.78 is 0. The number of carbonyl (C=O) groups is 3.